The van der Waals surface area contributed by atoms with E-state index in [0.717, 1.165) is 24.0 Å². The number of aryl methyl sites for hydroxylation is 1. The first-order valence-corrected chi connectivity index (χ1v) is 9.38. The normalized spacial score (nSPS) is 13.7. The lowest BCUT2D eigenvalue weighted by molar-refractivity contribution is -0.137. The first kappa shape index (κ1) is 24.0. The van der Waals surface area contributed by atoms with Crippen LogP contribution < -0.4 is 10.1 Å². The smallest absolute Gasteiger partial charge is 0.264 e. The van der Waals surface area contributed by atoms with E-state index in [1.165, 1.54) is 0 Å². The molecule has 2 aromatic carbocycles. The molecule has 0 saturated heterocycles. The van der Waals surface area contributed by atoms with Crippen molar-refractivity contribution in [3.05, 3.63) is 65.7 Å². The van der Waals surface area contributed by atoms with Gasteiger partial charge in [0, 0.05) is 6.61 Å². The number of carbonyl (C=O) groups excluding carboxylic acids is 1. The Hall–Kier alpha value is -2.02. The van der Waals surface area contributed by atoms with Crippen molar-refractivity contribution in [1.29, 1.82) is 0 Å². The Morgan fingerprint density at radius 1 is 1.11 bits per heavy atom. The third kappa shape index (κ3) is 6.55. The molecule has 0 spiro atoms. The van der Waals surface area contributed by atoms with E-state index in [4.69, 9.17) is 9.84 Å². The molecular formula is C22H31NO4S. The van der Waals surface area contributed by atoms with Gasteiger partial charge >= 0.3 is 0 Å². The lowest BCUT2D eigenvalue weighted by Crippen LogP contribution is -2.50. The van der Waals surface area contributed by atoms with Crippen LogP contribution in [0.2, 0.25) is 0 Å². The monoisotopic (exact) mass is 405 g/mol. The third-order valence-electron chi connectivity index (χ3n) is 4.73. The quantitative estimate of drug-likeness (QED) is 0.567. The highest BCUT2D eigenvalue weighted by Crippen LogP contribution is 2.24. The Bertz CT molecular complexity index is 708. The number of aliphatic hydroxyl groups is 2. The summed E-state index contributed by atoms with van der Waals surface area (Å²) in [6.07, 6.45) is 2.01. The predicted molar refractivity (Wildman–Crippen MR) is 116 cm³/mol. The number of ether oxygens (including phenoxy) is 1. The fourth-order valence-corrected chi connectivity index (χ4v) is 2.78. The molecule has 2 rings (SSSR count). The molecule has 1 amide bonds. The SMILES string of the molecule is CC[C@](C)(Oc1ccc(CCCO)cc1)C(=O)N[C@@H](CO)c1ccccc1.S. The molecule has 154 valence electrons. The summed E-state index contributed by atoms with van der Waals surface area (Å²) in [6.45, 7) is 3.63. The molecule has 0 bridgehead atoms. The molecule has 3 N–H and O–H groups in total. The van der Waals surface area contributed by atoms with Crippen LogP contribution in [0.5, 0.6) is 5.75 Å². The molecule has 28 heavy (non-hydrogen) atoms. The van der Waals surface area contributed by atoms with Crippen LogP contribution in [0.15, 0.2) is 54.6 Å². The highest BCUT2D eigenvalue weighted by atomic mass is 32.1. The fraction of sp³-hybridized carbons (Fsp3) is 0.409. The summed E-state index contributed by atoms with van der Waals surface area (Å²) in [5, 5.41) is 21.5. The summed E-state index contributed by atoms with van der Waals surface area (Å²) in [5.41, 5.74) is 0.915. The second kappa shape index (κ2) is 11.7. The van der Waals surface area contributed by atoms with Crippen molar-refractivity contribution in [3.63, 3.8) is 0 Å². The van der Waals surface area contributed by atoms with Crippen molar-refractivity contribution < 1.29 is 19.7 Å². The molecule has 0 aliphatic carbocycles. The average Bonchev–Trinajstić information content (AvgIpc) is 2.71. The van der Waals surface area contributed by atoms with Crippen LogP contribution in [0.4, 0.5) is 0 Å². The number of hydrogen-bond donors (Lipinski definition) is 3. The van der Waals surface area contributed by atoms with E-state index >= 15 is 0 Å². The first-order chi connectivity index (χ1) is 13.0. The molecular weight excluding hydrogens is 374 g/mol. The number of aliphatic hydroxyl groups excluding tert-OH is 2. The van der Waals surface area contributed by atoms with Crippen LogP contribution in [0.1, 0.15) is 43.9 Å². The number of rotatable bonds is 10. The molecule has 0 aliphatic heterocycles. The van der Waals surface area contributed by atoms with E-state index in [1.807, 2.05) is 61.5 Å². The van der Waals surface area contributed by atoms with Crippen LogP contribution in [-0.2, 0) is 11.2 Å². The maximum absolute atomic E-state index is 12.9. The van der Waals surface area contributed by atoms with E-state index in [-0.39, 0.29) is 32.6 Å². The van der Waals surface area contributed by atoms with Crippen LogP contribution in [0.3, 0.4) is 0 Å². The number of hydrogen-bond acceptors (Lipinski definition) is 4. The second-order valence-electron chi connectivity index (χ2n) is 6.78. The molecule has 0 fully saturated rings. The Labute approximate surface area is 174 Å². The van der Waals surface area contributed by atoms with Gasteiger partial charge in [-0.1, -0.05) is 49.4 Å². The number of benzene rings is 2. The summed E-state index contributed by atoms with van der Waals surface area (Å²) in [6, 6.07) is 16.5. The molecule has 0 aliphatic rings. The third-order valence-corrected chi connectivity index (χ3v) is 4.73. The van der Waals surface area contributed by atoms with Crippen LogP contribution in [0, 0.1) is 0 Å². The minimum absolute atomic E-state index is 0. The van der Waals surface area contributed by atoms with Crippen LogP contribution in [0.25, 0.3) is 0 Å². The van der Waals surface area contributed by atoms with Crippen molar-refractivity contribution in [1.82, 2.24) is 5.32 Å². The van der Waals surface area contributed by atoms with E-state index in [2.05, 4.69) is 5.32 Å². The lowest BCUT2D eigenvalue weighted by atomic mass is 10.00. The minimum Gasteiger partial charge on any atom is -0.478 e. The van der Waals surface area contributed by atoms with Crippen molar-refractivity contribution in [2.75, 3.05) is 13.2 Å². The molecule has 2 atom stereocenters. The molecule has 2 aromatic rings. The zero-order valence-electron chi connectivity index (χ0n) is 16.5. The molecule has 5 nitrogen and oxygen atoms in total. The van der Waals surface area contributed by atoms with Gasteiger partial charge in [-0.3, -0.25) is 4.79 Å². The van der Waals surface area contributed by atoms with Gasteiger partial charge in [-0.15, -0.1) is 0 Å². The van der Waals surface area contributed by atoms with Gasteiger partial charge in [0.25, 0.3) is 5.91 Å². The molecule has 0 heterocycles. The van der Waals surface area contributed by atoms with E-state index in [0.29, 0.717) is 12.2 Å². The highest BCUT2D eigenvalue weighted by Gasteiger charge is 2.35. The second-order valence-corrected chi connectivity index (χ2v) is 6.78. The van der Waals surface area contributed by atoms with Gasteiger partial charge in [0.05, 0.1) is 12.6 Å². The standard InChI is InChI=1S/C22H29NO4.H2S/c1-3-22(2,27-19-13-11-17(12-14-19)8-7-15-24)21(26)23-20(16-25)18-9-5-4-6-10-18;/h4-6,9-14,20,24-25H,3,7-8,15-16H2,1-2H3,(H,23,26);1H2/t20-,22-;/m0./s1. The largest absolute Gasteiger partial charge is 0.478 e. The van der Waals surface area contributed by atoms with Gasteiger partial charge in [-0.25, -0.2) is 0 Å². The number of carbonyl (C=O) groups is 1. The van der Waals surface area contributed by atoms with E-state index in [1.54, 1.807) is 6.92 Å². The molecule has 0 unspecified atom stereocenters. The molecule has 0 aromatic heterocycles. The Morgan fingerprint density at radius 3 is 2.29 bits per heavy atom. The number of amides is 1. The first-order valence-electron chi connectivity index (χ1n) is 9.38. The van der Waals surface area contributed by atoms with Gasteiger partial charge in [-0.05, 0) is 49.4 Å². The zero-order valence-corrected chi connectivity index (χ0v) is 17.5. The topological polar surface area (TPSA) is 78.8 Å². The van der Waals surface area contributed by atoms with Crippen molar-refractivity contribution in [3.8, 4) is 5.75 Å². The Morgan fingerprint density at radius 2 is 1.75 bits per heavy atom. The van der Waals surface area contributed by atoms with Crippen LogP contribution in [-0.4, -0.2) is 34.9 Å². The summed E-state index contributed by atoms with van der Waals surface area (Å²) in [4.78, 5) is 12.9. The van der Waals surface area contributed by atoms with Gasteiger partial charge in [0.1, 0.15) is 5.75 Å². The molecule has 0 radical (unpaired) electrons. The number of nitrogens with one attached hydrogen (secondary N) is 1. The summed E-state index contributed by atoms with van der Waals surface area (Å²) >= 11 is 0. The van der Waals surface area contributed by atoms with Crippen molar-refractivity contribution in [2.24, 2.45) is 0 Å². The van der Waals surface area contributed by atoms with Crippen LogP contribution >= 0.6 is 13.5 Å². The Balaban J connectivity index is 0.00000392. The molecule has 0 saturated carbocycles. The lowest BCUT2D eigenvalue weighted by Gasteiger charge is -2.30. The minimum atomic E-state index is -1.05. The van der Waals surface area contributed by atoms with E-state index < -0.39 is 11.6 Å². The predicted octanol–water partition coefficient (Wildman–Crippen LogP) is 3.12. The molecule has 6 heteroatoms. The maximum Gasteiger partial charge on any atom is 0.264 e. The maximum atomic E-state index is 12.9. The summed E-state index contributed by atoms with van der Waals surface area (Å²) in [5.74, 6) is 0.347. The van der Waals surface area contributed by atoms with Gasteiger partial charge in [0.15, 0.2) is 5.60 Å². The van der Waals surface area contributed by atoms with Gasteiger partial charge in [-0.2, -0.15) is 13.5 Å². The zero-order chi connectivity index (χ0) is 19.7. The Kier molecular flexibility index (Phi) is 10.1. The average molecular weight is 406 g/mol. The van der Waals surface area contributed by atoms with Crippen molar-refractivity contribution >= 4 is 19.4 Å². The van der Waals surface area contributed by atoms with Gasteiger partial charge < -0.3 is 20.3 Å². The van der Waals surface area contributed by atoms with Crippen molar-refractivity contribution in [2.45, 2.75) is 44.8 Å². The highest BCUT2D eigenvalue weighted by molar-refractivity contribution is 7.59. The van der Waals surface area contributed by atoms with E-state index in [9.17, 15) is 9.90 Å². The van der Waals surface area contributed by atoms with Gasteiger partial charge in [0.2, 0.25) is 0 Å². The summed E-state index contributed by atoms with van der Waals surface area (Å²) < 4.78 is 6.01. The summed E-state index contributed by atoms with van der Waals surface area (Å²) in [7, 11) is 0. The fourth-order valence-electron chi connectivity index (χ4n) is 2.78.